The van der Waals surface area contributed by atoms with Crippen molar-refractivity contribution in [1.29, 1.82) is 5.26 Å². The smallest absolute Gasteiger partial charge is 0.147 e. The van der Waals surface area contributed by atoms with Crippen molar-refractivity contribution in [2.45, 2.75) is 32.1 Å². The van der Waals surface area contributed by atoms with Crippen molar-refractivity contribution in [3.63, 3.8) is 0 Å². The van der Waals surface area contributed by atoms with Crippen LogP contribution in [0.2, 0.25) is 0 Å². The Morgan fingerprint density at radius 1 is 1.31 bits per heavy atom. The molecule has 1 aromatic heterocycles. The van der Waals surface area contributed by atoms with Crippen molar-refractivity contribution >= 4 is 11.5 Å². The van der Waals surface area contributed by atoms with E-state index in [-0.39, 0.29) is 0 Å². The van der Waals surface area contributed by atoms with E-state index in [9.17, 15) is 0 Å². The van der Waals surface area contributed by atoms with E-state index in [1.54, 1.807) is 18.3 Å². The van der Waals surface area contributed by atoms with E-state index in [4.69, 9.17) is 5.26 Å². The molecule has 0 atom stereocenters. The van der Waals surface area contributed by atoms with Gasteiger partial charge in [-0.25, -0.2) is 4.98 Å². The third-order valence-corrected chi connectivity index (χ3v) is 2.65. The molecule has 1 fully saturated rings. The summed E-state index contributed by atoms with van der Waals surface area (Å²) in [7, 11) is 0. The molecular weight excluding hydrogens is 200 g/mol. The Hall–Kier alpha value is -1.89. The average Bonchev–Trinajstić information content (AvgIpc) is 2.38. The summed E-state index contributed by atoms with van der Waals surface area (Å²) in [6.07, 6.45) is 7.53. The molecule has 1 heterocycles. The molecule has 0 unspecified atom stereocenters. The van der Waals surface area contributed by atoms with Crippen LogP contribution in [0.4, 0.5) is 5.82 Å². The second-order valence-corrected chi connectivity index (χ2v) is 3.89. The third kappa shape index (κ3) is 2.80. The summed E-state index contributed by atoms with van der Waals surface area (Å²) in [5, 5.41) is 13.1. The number of hydrogen-bond acceptors (Lipinski definition) is 4. The predicted octanol–water partition coefficient (Wildman–Crippen LogP) is 2.69. The normalized spacial score (nSPS) is 15.3. The first-order valence-corrected chi connectivity index (χ1v) is 5.56. The van der Waals surface area contributed by atoms with Crippen LogP contribution in [0.3, 0.4) is 0 Å². The molecule has 1 N–H and O–H groups in total. The summed E-state index contributed by atoms with van der Waals surface area (Å²) < 4.78 is 0. The van der Waals surface area contributed by atoms with Crippen molar-refractivity contribution in [2.75, 3.05) is 5.43 Å². The zero-order chi connectivity index (χ0) is 11.2. The highest BCUT2D eigenvalue weighted by atomic mass is 15.3. The molecule has 1 saturated carbocycles. The molecule has 0 radical (unpaired) electrons. The van der Waals surface area contributed by atoms with Crippen LogP contribution in [0.1, 0.15) is 37.7 Å². The van der Waals surface area contributed by atoms with Crippen molar-refractivity contribution in [1.82, 2.24) is 4.98 Å². The van der Waals surface area contributed by atoms with Crippen molar-refractivity contribution in [2.24, 2.45) is 5.10 Å². The van der Waals surface area contributed by atoms with Gasteiger partial charge in [-0.3, -0.25) is 5.43 Å². The SMILES string of the molecule is N#Cc1ccnc(NN=C2CCCCC2)c1. The Bertz CT molecular complexity index is 423. The van der Waals surface area contributed by atoms with Crippen LogP contribution >= 0.6 is 0 Å². The fourth-order valence-electron chi connectivity index (χ4n) is 1.77. The highest BCUT2D eigenvalue weighted by molar-refractivity contribution is 5.85. The topological polar surface area (TPSA) is 61.1 Å². The lowest BCUT2D eigenvalue weighted by atomic mass is 9.99. The first kappa shape index (κ1) is 10.6. The average molecular weight is 214 g/mol. The number of nitriles is 1. The summed E-state index contributed by atoms with van der Waals surface area (Å²) in [5.74, 6) is 0.636. The van der Waals surface area contributed by atoms with Gasteiger partial charge in [-0.2, -0.15) is 10.4 Å². The minimum absolute atomic E-state index is 0.598. The molecule has 0 amide bonds. The Balaban J connectivity index is 2.01. The maximum absolute atomic E-state index is 8.74. The predicted molar refractivity (Wildman–Crippen MR) is 63.1 cm³/mol. The Kier molecular flexibility index (Phi) is 3.50. The lowest BCUT2D eigenvalue weighted by molar-refractivity contribution is 0.665. The molecule has 0 saturated heterocycles. The molecule has 4 heteroatoms. The maximum Gasteiger partial charge on any atom is 0.147 e. The summed E-state index contributed by atoms with van der Waals surface area (Å²) >= 11 is 0. The molecule has 0 aromatic carbocycles. The van der Waals surface area contributed by atoms with E-state index in [1.165, 1.54) is 25.0 Å². The summed E-state index contributed by atoms with van der Waals surface area (Å²) in [4.78, 5) is 4.10. The minimum atomic E-state index is 0.598. The van der Waals surface area contributed by atoms with Gasteiger partial charge in [-0.15, -0.1) is 0 Å². The molecule has 1 aliphatic carbocycles. The highest BCUT2D eigenvalue weighted by Crippen LogP contribution is 2.15. The van der Waals surface area contributed by atoms with E-state index >= 15 is 0 Å². The van der Waals surface area contributed by atoms with Crippen molar-refractivity contribution in [3.8, 4) is 6.07 Å². The molecular formula is C12H14N4. The number of rotatable bonds is 2. The van der Waals surface area contributed by atoms with Gasteiger partial charge >= 0.3 is 0 Å². The number of hydrogen-bond donors (Lipinski definition) is 1. The molecule has 4 nitrogen and oxygen atoms in total. The number of nitrogens with one attached hydrogen (secondary N) is 1. The standard InChI is InChI=1S/C12H14N4/c13-9-10-6-7-14-12(8-10)16-15-11-4-2-1-3-5-11/h6-8H,1-5H2,(H,14,16). The molecule has 16 heavy (non-hydrogen) atoms. The van der Waals surface area contributed by atoms with Crippen molar-refractivity contribution < 1.29 is 0 Å². The zero-order valence-electron chi connectivity index (χ0n) is 9.11. The number of aromatic nitrogens is 1. The number of nitrogens with zero attached hydrogens (tertiary/aromatic N) is 3. The molecule has 82 valence electrons. The van der Waals surface area contributed by atoms with Gasteiger partial charge in [-0.05, 0) is 31.7 Å². The van der Waals surface area contributed by atoms with E-state index in [1.807, 2.05) is 0 Å². The molecule has 0 spiro atoms. The number of anilines is 1. The zero-order valence-corrected chi connectivity index (χ0v) is 9.11. The van der Waals surface area contributed by atoms with Gasteiger partial charge in [0.1, 0.15) is 5.82 Å². The van der Waals surface area contributed by atoms with Crippen LogP contribution in [0.15, 0.2) is 23.4 Å². The Morgan fingerprint density at radius 3 is 2.88 bits per heavy atom. The largest absolute Gasteiger partial charge is 0.261 e. The second kappa shape index (κ2) is 5.26. The van der Waals surface area contributed by atoms with Crippen LogP contribution in [-0.4, -0.2) is 10.7 Å². The summed E-state index contributed by atoms with van der Waals surface area (Å²) in [6, 6.07) is 5.46. The van der Waals surface area contributed by atoms with Crippen molar-refractivity contribution in [3.05, 3.63) is 23.9 Å². The number of hydrazone groups is 1. The molecule has 1 aromatic rings. The van der Waals surface area contributed by atoms with E-state index < -0.39 is 0 Å². The van der Waals surface area contributed by atoms with Gasteiger partial charge in [0.15, 0.2) is 0 Å². The second-order valence-electron chi connectivity index (χ2n) is 3.89. The third-order valence-electron chi connectivity index (χ3n) is 2.65. The van der Waals surface area contributed by atoms with Gasteiger partial charge in [0.05, 0.1) is 11.6 Å². The van der Waals surface area contributed by atoms with Gasteiger partial charge in [0, 0.05) is 18.0 Å². The van der Waals surface area contributed by atoms with Gasteiger partial charge in [0.2, 0.25) is 0 Å². The number of pyridine rings is 1. The fraction of sp³-hybridized carbons (Fsp3) is 0.417. The highest BCUT2D eigenvalue weighted by Gasteiger charge is 2.06. The Morgan fingerprint density at radius 2 is 2.12 bits per heavy atom. The van der Waals surface area contributed by atoms with Crippen LogP contribution in [0.5, 0.6) is 0 Å². The quantitative estimate of drug-likeness (QED) is 0.770. The molecule has 1 aliphatic rings. The van der Waals surface area contributed by atoms with Crippen LogP contribution < -0.4 is 5.43 Å². The maximum atomic E-state index is 8.74. The van der Waals surface area contributed by atoms with Crippen LogP contribution in [0, 0.1) is 11.3 Å². The first-order chi connectivity index (χ1) is 7.88. The van der Waals surface area contributed by atoms with E-state index in [0.717, 1.165) is 12.8 Å². The fourth-order valence-corrected chi connectivity index (χ4v) is 1.77. The van der Waals surface area contributed by atoms with Gasteiger partial charge < -0.3 is 0 Å². The van der Waals surface area contributed by atoms with E-state index in [2.05, 4.69) is 21.6 Å². The minimum Gasteiger partial charge on any atom is -0.261 e. The molecule has 0 bridgehead atoms. The van der Waals surface area contributed by atoms with Gasteiger partial charge in [0.25, 0.3) is 0 Å². The van der Waals surface area contributed by atoms with Crippen LogP contribution in [-0.2, 0) is 0 Å². The van der Waals surface area contributed by atoms with E-state index in [0.29, 0.717) is 11.4 Å². The monoisotopic (exact) mass is 214 g/mol. The Labute approximate surface area is 95.0 Å². The summed E-state index contributed by atoms with van der Waals surface area (Å²) in [6.45, 7) is 0. The lowest BCUT2D eigenvalue weighted by Crippen LogP contribution is -2.07. The lowest BCUT2D eigenvalue weighted by Gasteiger charge is -2.12. The molecule has 0 aliphatic heterocycles. The molecule has 2 rings (SSSR count). The summed E-state index contributed by atoms with van der Waals surface area (Å²) in [5.41, 5.74) is 4.72. The van der Waals surface area contributed by atoms with Gasteiger partial charge in [-0.1, -0.05) is 6.42 Å². The first-order valence-electron chi connectivity index (χ1n) is 5.56. The van der Waals surface area contributed by atoms with Crippen LogP contribution in [0.25, 0.3) is 0 Å².